The van der Waals surface area contributed by atoms with Crippen molar-refractivity contribution in [2.24, 2.45) is 11.7 Å². The molecule has 116 valence electrons. The van der Waals surface area contributed by atoms with E-state index in [1.165, 1.54) is 6.42 Å². The monoisotopic (exact) mass is 283 g/mol. The van der Waals surface area contributed by atoms with E-state index < -0.39 is 0 Å². The zero-order valence-electron chi connectivity index (χ0n) is 12.7. The molecular formula is C15H29N3O2. The van der Waals surface area contributed by atoms with Crippen LogP contribution in [0.2, 0.25) is 0 Å². The van der Waals surface area contributed by atoms with Crippen LogP contribution in [0.15, 0.2) is 0 Å². The Hall–Kier alpha value is -0.650. The van der Waals surface area contributed by atoms with E-state index in [1.54, 1.807) is 0 Å². The van der Waals surface area contributed by atoms with Crippen LogP contribution in [0.4, 0.5) is 0 Å². The molecule has 1 amide bonds. The lowest BCUT2D eigenvalue weighted by Crippen LogP contribution is -2.50. The molecule has 1 aliphatic heterocycles. The van der Waals surface area contributed by atoms with Crippen molar-refractivity contribution in [3.63, 3.8) is 0 Å². The Morgan fingerprint density at radius 2 is 2.00 bits per heavy atom. The van der Waals surface area contributed by atoms with Crippen molar-refractivity contribution in [2.75, 3.05) is 45.9 Å². The van der Waals surface area contributed by atoms with Crippen LogP contribution < -0.4 is 5.73 Å². The van der Waals surface area contributed by atoms with Gasteiger partial charge in [0.2, 0.25) is 5.91 Å². The SMILES string of the molecule is CCOCCN1CCN(C(=O)C[C@@H]2CCC[C@H]2N)CC1. The van der Waals surface area contributed by atoms with Crippen molar-refractivity contribution in [3.8, 4) is 0 Å². The lowest BCUT2D eigenvalue weighted by molar-refractivity contribution is -0.134. The summed E-state index contributed by atoms with van der Waals surface area (Å²) in [5.41, 5.74) is 6.05. The molecule has 20 heavy (non-hydrogen) atoms. The van der Waals surface area contributed by atoms with Gasteiger partial charge in [0, 0.05) is 51.8 Å². The molecule has 0 aromatic heterocycles. The van der Waals surface area contributed by atoms with Gasteiger partial charge in [0.1, 0.15) is 0 Å². The molecule has 5 nitrogen and oxygen atoms in total. The first-order valence-corrected chi connectivity index (χ1v) is 8.04. The first kappa shape index (κ1) is 15.7. The van der Waals surface area contributed by atoms with Crippen LogP contribution in [0, 0.1) is 5.92 Å². The van der Waals surface area contributed by atoms with Gasteiger partial charge in [0.15, 0.2) is 0 Å². The number of nitrogens with two attached hydrogens (primary N) is 1. The molecule has 1 heterocycles. The highest BCUT2D eigenvalue weighted by Gasteiger charge is 2.29. The van der Waals surface area contributed by atoms with E-state index >= 15 is 0 Å². The molecular weight excluding hydrogens is 254 g/mol. The zero-order valence-corrected chi connectivity index (χ0v) is 12.7. The van der Waals surface area contributed by atoms with E-state index in [1.807, 2.05) is 11.8 Å². The standard InChI is InChI=1S/C15H29N3O2/c1-2-20-11-10-17-6-8-18(9-7-17)15(19)12-13-4-3-5-14(13)16/h13-14H,2-12,16H2,1H3/t13-,14+/m0/s1. The second kappa shape index (κ2) is 7.96. The summed E-state index contributed by atoms with van der Waals surface area (Å²) in [5, 5.41) is 0. The van der Waals surface area contributed by atoms with Crippen molar-refractivity contribution in [2.45, 2.75) is 38.6 Å². The van der Waals surface area contributed by atoms with E-state index in [0.717, 1.165) is 58.8 Å². The lowest BCUT2D eigenvalue weighted by atomic mass is 9.99. The van der Waals surface area contributed by atoms with Crippen LogP contribution in [0.25, 0.3) is 0 Å². The average molecular weight is 283 g/mol. The smallest absolute Gasteiger partial charge is 0.222 e. The molecule has 0 aromatic rings. The van der Waals surface area contributed by atoms with Crippen LogP contribution in [0.3, 0.4) is 0 Å². The van der Waals surface area contributed by atoms with Gasteiger partial charge < -0.3 is 15.4 Å². The summed E-state index contributed by atoms with van der Waals surface area (Å²) >= 11 is 0. The van der Waals surface area contributed by atoms with Gasteiger partial charge in [-0.1, -0.05) is 6.42 Å². The molecule has 2 N–H and O–H groups in total. The quantitative estimate of drug-likeness (QED) is 0.729. The lowest BCUT2D eigenvalue weighted by Gasteiger charge is -2.35. The highest BCUT2D eigenvalue weighted by Crippen LogP contribution is 2.27. The van der Waals surface area contributed by atoms with E-state index in [9.17, 15) is 4.79 Å². The number of rotatable bonds is 6. The molecule has 5 heteroatoms. The van der Waals surface area contributed by atoms with Gasteiger partial charge in [-0.05, 0) is 25.7 Å². The Morgan fingerprint density at radius 1 is 1.25 bits per heavy atom. The maximum Gasteiger partial charge on any atom is 0.222 e. The Balaban J connectivity index is 1.66. The van der Waals surface area contributed by atoms with Crippen LogP contribution in [0.5, 0.6) is 0 Å². The molecule has 0 radical (unpaired) electrons. The number of piperazine rings is 1. The van der Waals surface area contributed by atoms with Crippen LogP contribution >= 0.6 is 0 Å². The fourth-order valence-electron chi connectivity index (χ4n) is 3.23. The van der Waals surface area contributed by atoms with Crippen molar-refractivity contribution in [1.82, 2.24) is 9.80 Å². The zero-order chi connectivity index (χ0) is 14.4. The van der Waals surface area contributed by atoms with Crippen molar-refractivity contribution < 1.29 is 9.53 Å². The largest absolute Gasteiger partial charge is 0.380 e. The number of hydrogen-bond acceptors (Lipinski definition) is 4. The van der Waals surface area contributed by atoms with Gasteiger partial charge in [-0.3, -0.25) is 9.69 Å². The minimum atomic E-state index is 0.242. The molecule has 2 aliphatic rings. The van der Waals surface area contributed by atoms with E-state index in [0.29, 0.717) is 18.2 Å². The molecule has 1 aliphatic carbocycles. The number of hydrogen-bond donors (Lipinski definition) is 1. The van der Waals surface area contributed by atoms with Gasteiger partial charge in [0.05, 0.1) is 6.61 Å². The van der Waals surface area contributed by atoms with Gasteiger partial charge in [-0.25, -0.2) is 0 Å². The maximum atomic E-state index is 12.3. The Bertz CT molecular complexity index is 303. The van der Waals surface area contributed by atoms with Crippen LogP contribution in [-0.4, -0.2) is 67.7 Å². The summed E-state index contributed by atoms with van der Waals surface area (Å²) in [6.07, 6.45) is 4.05. The van der Waals surface area contributed by atoms with E-state index in [4.69, 9.17) is 10.5 Å². The number of carbonyl (C=O) groups is 1. The molecule has 1 saturated carbocycles. The summed E-state index contributed by atoms with van der Waals surface area (Å²) in [6, 6.07) is 0.242. The first-order chi connectivity index (χ1) is 9.70. The normalized spacial score (nSPS) is 28.0. The minimum Gasteiger partial charge on any atom is -0.380 e. The fourth-order valence-corrected chi connectivity index (χ4v) is 3.23. The summed E-state index contributed by atoms with van der Waals surface area (Å²) in [4.78, 5) is 16.7. The number of carbonyl (C=O) groups excluding carboxylic acids is 1. The number of ether oxygens (including phenoxy) is 1. The number of nitrogens with zero attached hydrogens (tertiary/aromatic N) is 2. The molecule has 2 rings (SSSR count). The van der Waals surface area contributed by atoms with E-state index in [-0.39, 0.29) is 6.04 Å². The molecule has 2 atom stereocenters. The summed E-state index contributed by atoms with van der Waals surface area (Å²) in [7, 11) is 0. The van der Waals surface area contributed by atoms with Crippen molar-refractivity contribution in [1.29, 1.82) is 0 Å². The van der Waals surface area contributed by atoms with Gasteiger partial charge in [-0.2, -0.15) is 0 Å². The Morgan fingerprint density at radius 3 is 2.60 bits per heavy atom. The molecule has 0 aromatic carbocycles. The predicted octanol–water partition coefficient (Wildman–Crippen LogP) is 0.685. The van der Waals surface area contributed by atoms with Crippen molar-refractivity contribution in [3.05, 3.63) is 0 Å². The van der Waals surface area contributed by atoms with E-state index in [2.05, 4.69) is 4.90 Å². The van der Waals surface area contributed by atoms with Gasteiger partial charge in [-0.15, -0.1) is 0 Å². The first-order valence-electron chi connectivity index (χ1n) is 8.04. The molecule has 2 fully saturated rings. The second-order valence-electron chi connectivity index (χ2n) is 5.98. The third-order valence-electron chi connectivity index (χ3n) is 4.64. The second-order valence-corrected chi connectivity index (χ2v) is 5.98. The summed E-state index contributed by atoms with van der Waals surface area (Å²) < 4.78 is 5.37. The maximum absolute atomic E-state index is 12.3. The van der Waals surface area contributed by atoms with Crippen molar-refractivity contribution >= 4 is 5.91 Å². The summed E-state index contributed by atoms with van der Waals surface area (Å²) in [6.45, 7) is 8.21. The van der Waals surface area contributed by atoms with Gasteiger partial charge in [0.25, 0.3) is 0 Å². The van der Waals surface area contributed by atoms with Crippen LogP contribution in [0.1, 0.15) is 32.6 Å². The summed E-state index contributed by atoms with van der Waals surface area (Å²) in [5.74, 6) is 0.718. The number of amides is 1. The highest BCUT2D eigenvalue weighted by molar-refractivity contribution is 5.76. The Labute approximate surface area is 122 Å². The molecule has 1 saturated heterocycles. The fraction of sp³-hybridized carbons (Fsp3) is 0.933. The molecule has 0 unspecified atom stereocenters. The molecule has 0 bridgehead atoms. The third kappa shape index (κ3) is 4.43. The molecule has 0 spiro atoms. The minimum absolute atomic E-state index is 0.242. The topological polar surface area (TPSA) is 58.8 Å². The Kier molecular flexibility index (Phi) is 6.26. The highest BCUT2D eigenvalue weighted by atomic mass is 16.5. The average Bonchev–Trinajstić information content (AvgIpc) is 2.85. The van der Waals surface area contributed by atoms with Gasteiger partial charge >= 0.3 is 0 Å². The van der Waals surface area contributed by atoms with Crippen LogP contribution in [-0.2, 0) is 9.53 Å². The predicted molar refractivity (Wildman–Crippen MR) is 79.4 cm³/mol. The third-order valence-corrected chi connectivity index (χ3v) is 4.64.